The molecule has 4 aliphatic heterocycles. The number of amides is 1. The van der Waals surface area contributed by atoms with Gasteiger partial charge in [0.1, 0.15) is 5.54 Å². The Balaban J connectivity index is 1.53. The number of piperidine rings is 1. The van der Waals surface area contributed by atoms with Gasteiger partial charge in [0.25, 0.3) is 5.91 Å². The van der Waals surface area contributed by atoms with Gasteiger partial charge >= 0.3 is 0 Å². The third-order valence-electron chi connectivity index (χ3n) is 8.96. The van der Waals surface area contributed by atoms with Crippen LogP contribution in [0.5, 0.6) is 0 Å². The van der Waals surface area contributed by atoms with Gasteiger partial charge in [-0.25, -0.2) is 0 Å². The molecule has 3 fully saturated rings. The fourth-order valence-electron chi connectivity index (χ4n) is 7.65. The number of likely N-dealkylation sites (tertiary alicyclic amines) is 1. The number of benzene rings is 3. The molecule has 3 aromatic carbocycles. The number of likely N-dealkylation sites (N-methyl/N-ethyl adjacent to an activating group) is 1. The second-order valence-electron chi connectivity index (χ2n) is 11.1. The molecule has 0 bridgehead atoms. The molecule has 0 aliphatic carbocycles. The van der Waals surface area contributed by atoms with E-state index in [1.807, 2.05) is 73.8 Å². The van der Waals surface area contributed by atoms with Gasteiger partial charge < -0.3 is 10.2 Å². The second-order valence-corrected chi connectivity index (χ2v) is 13.4. The zero-order valence-corrected chi connectivity index (χ0v) is 24.7. The van der Waals surface area contributed by atoms with Crippen LogP contribution in [-0.4, -0.2) is 59.3 Å². The molecular weight excluding hydrogens is 585 g/mol. The van der Waals surface area contributed by atoms with E-state index in [1.54, 1.807) is 17.8 Å². The number of halogens is 3. The Morgan fingerprint density at radius 3 is 2.35 bits per heavy atom. The molecule has 1 amide bonds. The number of nitrogens with one attached hydrogen (secondary N) is 1. The molecule has 3 aromatic rings. The van der Waals surface area contributed by atoms with E-state index in [9.17, 15) is 4.79 Å². The minimum atomic E-state index is -1.23. The molecule has 0 aromatic heterocycles. The number of ketones is 1. The lowest BCUT2D eigenvalue weighted by Gasteiger charge is -2.51. The van der Waals surface area contributed by atoms with Crippen LogP contribution in [0.15, 0.2) is 72.3 Å². The maximum absolute atomic E-state index is 15.3. The summed E-state index contributed by atoms with van der Waals surface area (Å²) in [5.74, 6) is 1.04. The summed E-state index contributed by atoms with van der Waals surface area (Å²) in [6.45, 7) is 0.907. The highest BCUT2D eigenvalue weighted by Crippen LogP contribution is 2.68. The smallest absolute Gasteiger partial charge is 0.250 e. The molecule has 4 atom stereocenters. The number of carbonyl (C=O) groups excluding carboxylic acids is 2. The number of carbonyl (C=O) groups is 2. The maximum Gasteiger partial charge on any atom is 0.250 e. The summed E-state index contributed by atoms with van der Waals surface area (Å²) in [6.07, 6.45) is 1.95. The van der Waals surface area contributed by atoms with E-state index < -0.39 is 11.0 Å². The van der Waals surface area contributed by atoms with Crippen molar-refractivity contribution in [3.05, 3.63) is 104 Å². The standard InChI is InChI=1S/C31H26Cl3N3O2S/c1-36-14-20(12-18-2-6-21(32)7-3-18)28(38)30(16-36)27(19-4-8-22(33)9-5-19)26-15-40-17-37(26)31(30)24-13-23(34)10-11-25(24)35-29(31)39/h2-13,26-27H,14-17H2,1H3,(H,35,39)/b20-12+/t26-,27-,30-,31-/m0/s1. The summed E-state index contributed by atoms with van der Waals surface area (Å²) >= 11 is 20.9. The monoisotopic (exact) mass is 609 g/mol. The van der Waals surface area contributed by atoms with Crippen LogP contribution < -0.4 is 5.32 Å². The van der Waals surface area contributed by atoms with Gasteiger partial charge in [-0.15, -0.1) is 11.8 Å². The summed E-state index contributed by atoms with van der Waals surface area (Å²) in [6, 6.07) is 20.8. The molecular formula is C31H26Cl3N3O2S. The molecule has 2 spiro atoms. The molecule has 7 rings (SSSR count). The summed E-state index contributed by atoms with van der Waals surface area (Å²) in [5, 5.41) is 4.96. The van der Waals surface area contributed by atoms with E-state index in [2.05, 4.69) is 15.1 Å². The SMILES string of the molecule is CN1C/C(=C\c2ccc(Cl)cc2)C(=O)[C@]2(C1)[C@@H](c1ccc(Cl)cc1)[C@@H]1CSCN1[C@@]21C(=O)Nc2ccc(Cl)cc21. The van der Waals surface area contributed by atoms with Gasteiger partial charge in [0.2, 0.25) is 0 Å². The minimum absolute atomic E-state index is 0.00266. The van der Waals surface area contributed by atoms with E-state index >= 15 is 4.79 Å². The Hall–Kier alpha value is -2.32. The second kappa shape index (κ2) is 9.62. The Kier molecular flexibility index (Phi) is 6.39. The van der Waals surface area contributed by atoms with Gasteiger partial charge in [-0.1, -0.05) is 59.1 Å². The van der Waals surface area contributed by atoms with Crippen LogP contribution in [-0.2, 0) is 15.1 Å². The molecule has 3 saturated heterocycles. The summed E-state index contributed by atoms with van der Waals surface area (Å²) < 4.78 is 0. The third-order valence-corrected chi connectivity index (χ3v) is 10.7. The first-order valence-corrected chi connectivity index (χ1v) is 15.5. The van der Waals surface area contributed by atoms with Crippen molar-refractivity contribution in [2.75, 3.05) is 37.1 Å². The number of thioether (sulfide) groups is 1. The fourth-order valence-corrected chi connectivity index (χ4v) is 9.37. The van der Waals surface area contributed by atoms with Crippen molar-refractivity contribution in [1.82, 2.24) is 9.80 Å². The predicted octanol–water partition coefficient (Wildman–Crippen LogP) is 6.55. The van der Waals surface area contributed by atoms with Gasteiger partial charge in [0, 0.05) is 68.6 Å². The molecule has 0 radical (unpaired) electrons. The zero-order chi connectivity index (χ0) is 27.8. The lowest BCUT2D eigenvalue weighted by molar-refractivity contribution is -0.146. The Labute approximate surface area is 252 Å². The number of anilines is 1. The number of nitrogens with zero attached hydrogens (tertiary/aromatic N) is 2. The van der Waals surface area contributed by atoms with Crippen LogP contribution in [0.4, 0.5) is 5.69 Å². The third kappa shape index (κ3) is 3.63. The van der Waals surface area contributed by atoms with Crippen molar-refractivity contribution >= 4 is 70.0 Å². The quantitative estimate of drug-likeness (QED) is 0.334. The van der Waals surface area contributed by atoms with Crippen molar-refractivity contribution in [1.29, 1.82) is 0 Å². The van der Waals surface area contributed by atoms with Crippen LogP contribution in [0.1, 0.15) is 22.6 Å². The number of rotatable bonds is 2. The van der Waals surface area contributed by atoms with Crippen LogP contribution >= 0.6 is 46.6 Å². The Bertz CT molecular complexity index is 1580. The molecule has 5 nitrogen and oxygen atoms in total. The molecule has 4 heterocycles. The molecule has 40 heavy (non-hydrogen) atoms. The van der Waals surface area contributed by atoms with Crippen LogP contribution in [0.2, 0.25) is 15.1 Å². The van der Waals surface area contributed by atoms with Gasteiger partial charge in [0.15, 0.2) is 5.78 Å². The molecule has 0 saturated carbocycles. The van der Waals surface area contributed by atoms with E-state index in [1.165, 1.54) is 0 Å². The zero-order valence-electron chi connectivity index (χ0n) is 21.7. The van der Waals surface area contributed by atoms with Crippen LogP contribution in [0, 0.1) is 5.41 Å². The van der Waals surface area contributed by atoms with E-state index in [0.717, 1.165) is 22.4 Å². The Morgan fingerprint density at radius 2 is 1.62 bits per heavy atom. The highest BCUT2D eigenvalue weighted by Gasteiger charge is 2.78. The first kappa shape index (κ1) is 26.6. The van der Waals surface area contributed by atoms with E-state index in [0.29, 0.717) is 45.3 Å². The number of hydrogen-bond acceptors (Lipinski definition) is 5. The van der Waals surface area contributed by atoms with Gasteiger partial charge in [-0.3, -0.25) is 14.5 Å². The van der Waals surface area contributed by atoms with Crippen LogP contribution in [0.3, 0.4) is 0 Å². The number of hydrogen-bond donors (Lipinski definition) is 1. The predicted molar refractivity (Wildman–Crippen MR) is 163 cm³/mol. The Morgan fingerprint density at radius 1 is 0.950 bits per heavy atom. The molecule has 204 valence electrons. The highest BCUT2D eigenvalue weighted by atomic mass is 35.5. The number of Topliss-reactive ketones (excluding diaryl/α,β-unsaturated/α-hetero) is 1. The lowest BCUT2D eigenvalue weighted by atomic mass is 9.55. The maximum atomic E-state index is 15.3. The van der Waals surface area contributed by atoms with Gasteiger partial charge in [-0.05, 0) is 66.7 Å². The fraction of sp³-hybridized carbons (Fsp3) is 0.290. The first-order chi connectivity index (χ1) is 19.3. The molecule has 9 heteroatoms. The van der Waals surface area contributed by atoms with Gasteiger partial charge in [-0.2, -0.15) is 0 Å². The summed E-state index contributed by atoms with van der Waals surface area (Å²) in [5.41, 5.74) is 1.73. The minimum Gasteiger partial charge on any atom is -0.324 e. The van der Waals surface area contributed by atoms with Crippen molar-refractivity contribution in [3.63, 3.8) is 0 Å². The van der Waals surface area contributed by atoms with Crippen molar-refractivity contribution < 1.29 is 9.59 Å². The summed E-state index contributed by atoms with van der Waals surface area (Å²) in [4.78, 5) is 34.3. The van der Waals surface area contributed by atoms with Crippen molar-refractivity contribution in [2.24, 2.45) is 5.41 Å². The highest BCUT2D eigenvalue weighted by molar-refractivity contribution is 7.99. The van der Waals surface area contributed by atoms with E-state index in [-0.39, 0.29) is 23.7 Å². The lowest BCUT2D eigenvalue weighted by Crippen LogP contribution is -2.65. The summed E-state index contributed by atoms with van der Waals surface area (Å²) in [7, 11) is 2.03. The average Bonchev–Trinajstić information content (AvgIpc) is 3.57. The largest absolute Gasteiger partial charge is 0.324 e. The van der Waals surface area contributed by atoms with Crippen molar-refractivity contribution in [2.45, 2.75) is 17.5 Å². The van der Waals surface area contributed by atoms with Crippen LogP contribution in [0.25, 0.3) is 6.08 Å². The van der Waals surface area contributed by atoms with E-state index in [4.69, 9.17) is 34.8 Å². The number of fused-ring (bicyclic) bond motifs is 5. The van der Waals surface area contributed by atoms with Gasteiger partial charge in [0.05, 0.1) is 5.41 Å². The van der Waals surface area contributed by atoms with Crippen molar-refractivity contribution in [3.8, 4) is 0 Å². The molecule has 1 N–H and O–H groups in total. The average molecular weight is 611 g/mol. The normalized spacial score (nSPS) is 30.9. The first-order valence-electron chi connectivity index (χ1n) is 13.2. The molecule has 4 aliphatic rings. The topological polar surface area (TPSA) is 52.7 Å². The molecule has 0 unspecified atom stereocenters.